The lowest BCUT2D eigenvalue weighted by Crippen LogP contribution is -2.49. The van der Waals surface area contributed by atoms with Crippen LogP contribution < -0.4 is 35.9 Å². The molecule has 3 aromatic carbocycles. The number of nitrogens with two attached hydrogens (primary N) is 1. The molecule has 2 saturated carbocycles. The molecule has 13 nitrogen and oxygen atoms in total. The molecule has 1 saturated heterocycles. The van der Waals surface area contributed by atoms with E-state index in [0.717, 1.165) is 94.7 Å². The Hall–Kier alpha value is -5.23. The number of carbonyl (C=O) groups is 1. The third kappa shape index (κ3) is 9.56. The van der Waals surface area contributed by atoms with Crippen LogP contribution in [0.5, 0.6) is 28.7 Å². The predicted octanol–water partition coefficient (Wildman–Crippen LogP) is 8.39. The Morgan fingerprint density at radius 3 is 2.71 bits per heavy atom. The SMILES string of the molecule is COC[C@H]1CC#C[C@@H]2C#CC3=C(C=CC(N)N3)C[C@H]3CC[C@]4(Cc5cc(O)cc(OC)c5-c5ccc6c(c54)O[C@H](c4c5c(c(O)c(c42)CNC[C@H]1CO)O[C@H]1CSSC[C@H]2CCC[C@@H](C2)N[C@H]1C=C5)[C@H]6COC(C)=O)C3. The van der Waals surface area contributed by atoms with Gasteiger partial charge in [0.1, 0.15) is 42.0 Å². The van der Waals surface area contributed by atoms with E-state index in [1.165, 1.54) is 19.8 Å². The maximum absolute atomic E-state index is 13.3. The molecule has 6 aliphatic heterocycles. The van der Waals surface area contributed by atoms with E-state index in [4.69, 9.17) is 29.4 Å². The highest BCUT2D eigenvalue weighted by molar-refractivity contribution is 8.76. The van der Waals surface area contributed by atoms with E-state index in [1.54, 1.807) is 20.3 Å². The van der Waals surface area contributed by atoms with Crippen molar-refractivity contribution < 1.29 is 43.8 Å². The number of phenolic OH excluding ortho intramolecular Hbond substituents is 2. The van der Waals surface area contributed by atoms with E-state index in [2.05, 4.69) is 70.0 Å². The van der Waals surface area contributed by atoms with Gasteiger partial charge in [-0.15, -0.1) is 5.92 Å². The summed E-state index contributed by atoms with van der Waals surface area (Å²) < 4.78 is 33.2. The maximum atomic E-state index is 13.3. The van der Waals surface area contributed by atoms with Crippen molar-refractivity contribution in [2.45, 2.75) is 125 Å². The number of fused-ring (bicyclic) bond motifs is 10. The Kier molecular flexibility index (Phi) is 14.6. The zero-order chi connectivity index (χ0) is 52.2. The van der Waals surface area contributed by atoms with Crippen molar-refractivity contribution in [3.63, 3.8) is 0 Å². The van der Waals surface area contributed by atoms with Crippen LogP contribution in [0.2, 0.25) is 0 Å². The second-order valence-electron chi connectivity index (χ2n) is 22.7. The molecule has 1 unspecified atom stereocenters. The van der Waals surface area contributed by atoms with Crippen LogP contribution in [0.25, 0.3) is 17.2 Å². The van der Waals surface area contributed by atoms with Gasteiger partial charge in [0.25, 0.3) is 0 Å². The molecule has 12 rings (SSSR count). The molecule has 0 radical (unpaired) electrons. The molecular weight excluding hydrogens is 997 g/mol. The highest BCUT2D eigenvalue weighted by Gasteiger charge is 2.52. The first-order valence-corrected chi connectivity index (χ1v) is 29.9. The number of nitrogens with one attached hydrogen (secondary N) is 3. The van der Waals surface area contributed by atoms with Gasteiger partial charge in [-0.1, -0.05) is 70.2 Å². The number of benzene rings is 3. The van der Waals surface area contributed by atoms with E-state index in [1.807, 2.05) is 33.7 Å². The lowest BCUT2D eigenvalue weighted by molar-refractivity contribution is -0.141. The number of methoxy groups -OCH3 is 2. The predicted molar refractivity (Wildman–Crippen MR) is 297 cm³/mol. The number of aliphatic hydroxyl groups is 1. The molecule has 0 amide bonds. The van der Waals surface area contributed by atoms with Crippen molar-refractivity contribution in [2.75, 3.05) is 52.1 Å². The zero-order valence-electron chi connectivity index (χ0n) is 43.7. The molecule has 3 aromatic rings. The quantitative estimate of drug-likeness (QED) is 0.0709. The molecule has 1 spiro atoms. The fourth-order valence-corrected chi connectivity index (χ4v) is 17.0. The minimum atomic E-state index is -0.788. The van der Waals surface area contributed by atoms with Crippen molar-refractivity contribution in [3.8, 4) is 63.6 Å². The van der Waals surface area contributed by atoms with Crippen LogP contribution in [-0.2, 0) is 32.6 Å². The average Bonchev–Trinajstić information content (AvgIpc) is 4.09. The highest BCUT2D eigenvalue weighted by atomic mass is 33.1. The third-order valence-corrected chi connectivity index (χ3v) is 20.4. The van der Waals surface area contributed by atoms with Crippen molar-refractivity contribution in [2.24, 2.45) is 29.4 Å². The summed E-state index contributed by atoms with van der Waals surface area (Å²) in [5.41, 5.74) is 15.8. The second kappa shape index (κ2) is 21.5. The van der Waals surface area contributed by atoms with Gasteiger partial charge in [0.15, 0.2) is 11.5 Å². The van der Waals surface area contributed by atoms with Crippen molar-refractivity contribution in [1.29, 1.82) is 0 Å². The van der Waals surface area contributed by atoms with Gasteiger partial charge < -0.3 is 60.7 Å². The maximum Gasteiger partial charge on any atom is 0.302 e. The zero-order valence-corrected chi connectivity index (χ0v) is 45.3. The number of esters is 1. The van der Waals surface area contributed by atoms with Gasteiger partial charge in [0.2, 0.25) is 0 Å². The number of ether oxygens (including phenoxy) is 5. The highest BCUT2D eigenvalue weighted by Crippen LogP contribution is 2.64. The smallest absolute Gasteiger partial charge is 0.302 e. The normalized spacial score (nSPS) is 31.8. The summed E-state index contributed by atoms with van der Waals surface area (Å²) in [4.78, 5) is 13.1. The van der Waals surface area contributed by atoms with E-state index < -0.39 is 35.5 Å². The Morgan fingerprint density at radius 2 is 1.87 bits per heavy atom. The second-order valence-corrected chi connectivity index (χ2v) is 25.2. The molecule has 3 fully saturated rings. The number of allylic oxidation sites excluding steroid dienone is 3. The minimum absolute atomic E-state index is 0.00655. The molecule has 76 heavy (non-hydrogen) atoms. The topological polar surface area (TPSA) is 186 Å². The summed E-state index contributed by atoms with van der Waals surface area (Å²) in [5, 5.41) is 46.5. The van der Waals surface area contributed by atoms with Crippen LogP contribution >= 0.6 is 21.6 Å². The van der Waals surface area contributed by atoms with Crippen molar-refractivity contribution >= 4 is 33.6 Å². The van der Waals surface area contributed by atoms with Gasteiger partial charge in [-0.3, -0.25) is 4.79 Å². The Bertz CT molecular complexity index is 3030. The van der Waals surface area contributed by atoms with Crippen LogP contribution in [0.4, 0.5) is 0 Å². The number of rotatable bonds is 6. The summed E-state index contributed by atoms with van der Waals surface area (Å²) in [6, 6.07) is 8.07. The first-order valence-electron chi connectivity index (χ1n) is 27.4. The fraction of sp³-hybridized carbons (Fsp3) is 0.525. The monoisotopic (exact) mass is 1070 g/mol. The molecule has 3 aliphatic carbocycles. The number of aromatic hydroxyl groups is 2. The third-order valence-electron chi connectivity index (χ3n) is 17.9. The summed E-state index contributed by atoms with van der Waals surface area (Å²) in [6.45, 7) is 2.43. The van der Waals surface area contributed by atoms with Gasteiger partial charge in [-0.25, -0.2) is 0 Å². The molecule has 400 valence electrons. The Morgan fingerprint density at radius 1 is 0.987 bits per heavy atom. The van der Waals surface area contributed by atoms with E-state index in [9.17, 15) is 20.1 Å². The van der Waals surface area contributed by atoms with Crippen molar-refractivity contribution in [3.05, 3.63) is 92.7 Å². The van der Waals surface area contributed by atoms with Crippen LogP contribution in [0.1, 0.15) is 122 Å². The molecule has 0 aromatic heterocycles. The molecular formula is C61H70N4O9S2. The lowest BCUT2D eigenvalue weighted by Gasteiger charge is -2.39. The fourth-order valence-electron chi connectivity index (χ4n) is 14.3. The van der Waals surface area contributed by atoms with Crippen molar-refractivity contribution in [1.82, 2.24) is 16.0 Å². The van der Waals surface area contributed by atoms with Gasteiger partial charge in [0.05, 0.1) is 37.5 Å². The number of aliphatic hydroxyl groups excluding tert-OH is 1. The standard InChI is InChI=1S/C61H70N4O9S2/c1-33(67)72-30-47-43-12-13-44-53-39(22-42(68)23-50(53)71-3)25-61-19-18-34(24-61)20-37-11-17-52(62)65-48(37)15-10-36-7-5-8-38(29-70-2)40(28-66)26-63-27-46-54(36)55(58(47)74-59(43)56(44)61)45-14-16-49-51(73-60(45)57(46)69)32-76-75-31-35-6-4-9-41(21-35)64-49/h11-14,16-17,22-23,34-36,38,40-41,47,49,51-52,58,63-66,68-69H,4,6,8-9,18-21,24-32,62H2,1-3H3/t34-,35+,36-,38-,40+,41+,47+,49+,51+,52?,58+,61-/m1/s1. The number of phenols is 2. The van der Waals surface area contributed by atoms with E-state index in [0.29, 0.717) is 71.9 Å². The molecule has 15 heteroatoms. The van der Waals surface area contributed by atoms with Gasteiger partial charge >= 0.3 is 5.97 Å². The molecule has 12 atom stereocenters. The Balaban J connectivity index is 1.15. The summed E-state index contributed by atoms with van der Waals surface area (Å²) >= 11 is 0. The van der Waals surface area contributed by atoms with Crippen LogP contribution in [-0.4, -0.2) is 97.7 Å². The number of carbonyl (C=O) groups excluding carboxylic acids is 1. The first-order chi connectivity index (χ1) is 37.0. The van der Waals surface area contributed by atoms with Gasteiger partial charge in [-0.2, -0.15) is 0 Å². The molecule has 6 heterocycles. The summed E-state index contributed by atoms with van der Waals surface area (Å²) in [5.74, 6) is 17.1. The van der Waals surface area contributed by atoms with Gasteiger partial charge in [0, 0.05) is 108 Å². The van der Waals surface area contributed by atoms with Crippen LogP contribution in [0, 0.1) is 47.4 Å². The largest absolute Gasteiger partial charge is 0.508 e. The molecule has 6 bridgehead atoms. The Labute approximate surface area is 454 Å². The average molecular weight is 1070 g/mol. The number of dihydropyridines is 1. The van der Waals surface area contributed by atoms with E-state index >= 15 is 0 Å². The molecule has 8 N–H and O–H groups in total. The van der Waals surface area contributed by atoms with Crippen LogP contribution in [0.3, 0.4) is 0 Å². The lowest BCUT2D eigenvalue weighted by atomic mass is 9.65. The first kappa shape index (κ1) is 51.5. The molecule has 9 aliphatic rings. The van der Waals surface area contributed by atoms with Crippen LogP contribution in [0.15, 0.2) is 53.8 Å². The number of hydrogen-bond acceptors (Lipinski definition) is 15. The van der Waals surface area contributed by atoms with Gasteiger partial charge in [-0.05, 0) is 109 Å². The summed E-state index contributed by atoms with van der Waals surface area (Å²) in [6.07, 6.45) is 16.1. The summed E-state index contributed by atoms with van der Waals surface area (Å²) in [7, 11) is 7.07. The minimum Gasteiger partial charge on any atom is -0.508 e. The number of hydrogen-bond donors (Lipinski definition) is 7. The van der Waals surface area contributed by atoms with E-state index in [-0.39, 0.29) is 61.2 Å².